The predicted octanol–water partition coefficient (Wildman–Crippen LogP) is 4.51. The lowest BCUT2D eigenvalue weighted by Crippen LogP contribution is -2.12. The number of halogens is 2. The molecule has 0 amide bonds. The maximum Gasteiger partial charge on any atom is 0.269 e. The molecule has 7 nitrogen and oxygen atoms in total. The fraction of sp³-hybridized carbons (Fsp3) is 0.143. The van der Waals surface area contributed by atoms with Crippen LogP contribution in [0.4, 0.5) is 11.4 Å². The molecule has 1 aromatic carbocycles. The Bertz CT molecular complexity index is 1320. The summed E-state index contributed by atoms with van der Waals surface area (Å²) in [4.78, 5) is 8.33. The minimum Gasteiger partial charge on any atom is -0.354 e. The van der Waals surface area contributed by atoms with Gasteiger partial charge < -0.3 is 10.6 Å². The second-order valence-electron chi connectivity index (χ2n) is 6.80. The van der Waals surface area contributed by atoms with E-state index in [1.54, 1.807) is 24.5 Å². The minimum atomic E-state index is -3.80. The summed E-state index contributed by atoms with van der Waals surface area (Å²) >= 11 is 5.94. The summed E-state index contributed by atoms with van der Waals surface area (Å²) in [6.45, 7) is 2.40. The van der Waals surface area contributed by atoms with Crippen LogP contribution in [0.1, 0.15) is 11.3 Å². The molecule has 0 unspecified atom stereocenters. The van der Waals surface area contributed by atoms with E-state index in [1.807, 2.05) is 38.2 Å². The number of nitrogens with zero attached hydrogens (tertiary/aromatic N) is 3. The van der Waals surface area contributed by atoms with E-state index >= 15 is 0 Å². The maximum atomic E-state index is 13.3. The summed E-state index contributed by atoms with van der Waals surface area (Å²) < 4.78 is 27.9. The minimum absolute atomic E-state index is 0. The van der Waals surface area contributed by atoms with E-state index in [1.165, 1.54) is 16.2 Å². The van der Waals surface area contributed by atoms with Crippen molar-refractivity contribution >= 4 is 56.3 Å². The lowest BCUT2D eigenvalue weighted by Gasteiger charge is -2.11. The predicted molar refractivity (Wildman–Crippen MR) is 126 cm³/mol. The lowest BCUT2D eigenvalue weighted by molar-refractivity contribution is 0.588. The SMILES string of the molecule is CNCc1cn(S(=O)(=O)c2cccnc2)c2cc(Nc3ccc(Cl)nc3C)ccc12.Cl. The smallest absolute Gasteiger partial charge is 0.269 e. The van der Waals surface area contributed by atoms with Crippen LogP contribution >= 0.6 is 24.0 Å². The Morgan fingerprint density at radius 1 is 1.16 bits per heavy atom. The highest BCUT2D eigenvalue weighted by molar-refractivity contribution is 7.90. The van der Waals surface area contributed by atoms with Gasteiger partial charge in [0.25, 0.3) is 10.0 Å². The number of rotatable bonds is 6. The molecule has 31 heavy (non-hydrogen) atoms. The molecule has 0 aliphatic rings. The van der Waals surface area contributed by atoms with Gasteiger partial charge in [0.2, 0.25) is 0 Å². The highest BCUT2D eigenvalue weighted by Gasteiger charge is 2.21. The molecule has 162 valence electrons. The number of pyridine rings is 2. The summed E-state index contributed by atoms with van der Waals surface area (Å²) in [5.74, 6) is 0. The number of hydrogen-bond acceptors (Lipinski definition) is 6. The van der Waals surface area contributed by atoms with Gasteiger partial charge in [0.15, 0.2) is 0 Å². The lowest BCUT2D eigenvalue weighted by atomic mass is 10.1. The summed E-state index contributed by atoms with van der Waals surface area (Å²) in [6.07, 6.45) is 4.55. The molecule has 0 fully saturated rings. The third-order valence-corrected chi connectivity index (χ3v) is 6.61. The number of anilines is 2. The summed E-state index contributed by atoms with van der Waals surface area (Å²) in [5, 5.41) is 7.66. The van der Waals surface area contributed by atoms with Gasteiger partial charge in [0, 0.05) is 36.2 Å². The van der Waals surface area contributed by atoms with Crippen molar-refractivity contribution in [1.29, 1.82) is 0 Å². The number of fused-ring (bicyclic) bond motifs is 1. The van der Waals surface area contributed by atoms with Crippen molar-refractivity contribution in [1.82, 2.24) is 19.3 Å². The first-order chi connectivity index (χ1) is 14.4. The molecule has 4 aromatic rings. The molecule has 10 heteroatoms. The molecule has 0 aliphatic carbocycles. The van der Waals surface area contributed by atoms with Crippen molar-refractivity contribution in [2.75, 3.05) is 12.4 Å². The van der Waals surface area contributed by atoms with Gasteiger partial charge in [-0.3, -0.25) is 4.98 Å². The first-order valence-electron chi connectivity index (χ1n) is 9.24. The van der Waals surface area contributed by atoms with Crippen LogP contribution in [0.25, 0.3) is 10.9 Å². The first-order valence-corrected chi connectivity index (χ1v) is 11.1. The van der Waals surface area contributed by atoms with Crippen LogP contribution in [0.3, 0.4) is 0 Å². The molecule has 0 saturated heterocycles. The maximum absolute atomic E-state index is 13.3. The van der Waals surface area contributed by atoms with Crippen molar-refractivity contribution in [2.24, 2.45) is 0 Å². The van der Waals surface area contributed by atoms with Crippen LogP contribution < -0.4 is 10.6 Å². The van der Waals surface area contributed by atoms with Crippen LogP contribution in [-0.2, 0) is 16.6 Å². The third-order valence-electron chi connectivity index (χ3n) is 4.74. The van der Waals surface area contributed by atoms with E-state index in [-0.39, 0.29) is 17.3 Å². The Morgan fingerprint density at radius 2 is 1.97 bits per heavy atom. The molecule has 3 aromatic heterocycles. The van der Waals surface area contributed by atoms with Gasteiger partial charge in [-0.15, -0.1) is 12.4 Å². The largest absolute Gasteiger partial charge is 0.354 e. The van der Waals surface area contributed by atoms with Crippen molar-refractivity contribution in [2.45, 2.75) is 18.4 Å². The van der Waals surface area contributed by atoms with Gasteiger partial charge in [-0.1, -0.05) is 17.7 Å². The van der Waals surface area contributed by atoms with E-state index in [4.69, 9.17) is 11.6 Å². The van der Waals surface area contributed by atoms with Crippen molar-refractivity contribution in [3.63, 3.8) is 0 Å². The van der Waals surface area contributed by atoms with Gasteiger partial charge in [0.05, 0.1) is 16.9 Å². The Labute approximate surface area is 191 Å². The van der Waals surface area contributed by atoms with Gasteiger partial charge in [-0.05, 0) is 55.9 Å². The fourth-order valence-electron chi connectivity index (χ4n) is 3.31. The number of aryl methyl sites for hydroxylation is 1. The van der Waals surface area contributed by atoms with Crippen molar-refractivity contribution in [3.8, 4) is 0 Å². The Kier molecular flexibility index (Phi) is 6.86. The van der Waals surface area contributed by atoms with E-state index in [9.17, 15) is 8.42 Å². The molecule has 2 N–H and O–H groups in total. The monoisotopic (exact) mass is 477 g/mol. The Balaban J connectivity index is 0.00000272. The molecule has 3 heterocycles. The second kappa shape index (κ2) is 9.23. The molecule has 0 aliphatic heterocycles. The molecular formula is C21H21Cl2N5O2S. The third kappa shape index (κ3) is 4.52. The average Bonchev–Trinajstić information content (AvgIpc) is 3.10. The average molecular weight is 478 g/mol. The second-order valence-corrected chi connectivity index (χ2v) is 9.00. The molecular weight excluding hydrogens is 457 g/mol. The molecule has 0 atom stereocenters. The van der Waals surface area contributed by atoms with E-state index in [0.717, 1.165) is 28.0 Å². The Hall–Kier alpha value is -2.65. The zero-order valence-corrected chi connectivity index (χ0v) is 19.2. The molecule has 0 spiro atoms. The van der Waals surface area contributed by atoms with E-state index in [0.29, 0.717) is 17.2 Å². The number of aromatic nitrogens is 3. The molecule has 0 bridgehead atoms. The van der Waals surface area contributed by atoms with Gasteiger partial charge in [-0.25, -0.2) is 17.4 Å². The number of nitrogens with one attached hydrogen (secondary N) is 2. The van der Waals surface area contributed by atoms with E-state index in [2.05, 4.69) is 20.6 Å². The molecule has 0 radical (unpaired) electrons. The summed E-state index contributed by atoms with van der Waals surface area (Å²) in [5.41, 5.74) is 3.75. The van der Waals surface area contributed by atoms with Crippen LogP contribution in [0.15, 0.2) is 66.0 Å². The standard InChI is InChI=1S/C21H20ClN5O2S.ClH/c1-14-19(7-8-21(22)25-14)26-16-5-6-18-15(11-23-2)13-27(20(18)10-16)30(28,29)17-4-3-9-24-12-17;/h3-10,12-13,23,26H,11H2,1-2H3;1H. The quantitative estimate of drug-likeness (QED) is 0.397. The van der Waals surface area contributed by atoms with E-state index < -0.39 is 10.0 Å². The summed E-state index contributed by atoms with van der Waals surface area (Å²) in [6, 6.07) is 12.3. The zero-order chi connectivity index (χ0) is 21.3. The molecule has 0 saturated carbocycles. The van der Waals surface area contributed by atoms with Crippen molar-refractivity contribution < 1.29 is 8.42 Å². The van der Waals surface area contributed by atoms with Gasteiger partial charge in [-0.2, -0.15) is 0 Å². The number of benzene rings is 1. The van der Waals surface area contributed by atoms with Crippen LogP contribution in [0.5, 0.6) is 0 Å². The van der Waals surface area contributed by atoms with Crippen LogP contribution in [0, 0.1) is 6.92 Å². The molecule has 4 rings (SSSR count). The summed E-state index contributed by atoms with van der Waals surface area (Å²) in [7, 11) is -1.97. The number of hydrogen-bond donors (Lipinski definition) is 2. The Morgan fingerprint density at radius 3 is 2.65 bits per heavy atom. The fourth-order valence-corrected chi connectivity index (χ4v) is 4.84. The van der Waals surface area contributed by atoms with Crippen LogP contribution in [-0.4, -0.2) is 29.4 Å². The highest BCUT2D eigenvalue weighted by Crippen LogP contribution is 2.30. The topological polar surface area (TPSA) is 88.9 Å². The zero-order valence-electron chi connectivity index (χ0n) is 16.8. The normalized spacial score (nSPS) is 11.3. The highest BCUT2D eigenvalue weighted by atomic mass is 35.5. The first kappa shape index (κ1) is 23.0. The van der Waals surface area contributed by atoms with Gasteiger partial charge >= 0.3 is 0 Å². The van der Waals surface area contributed by atoms with Gasteiger partial charge in [0.1, 0.15) is 10.0 Å². The van der Waals surface area contributed by atoms with Crippen LogP contribution in [0.2, 0.25) is 5.15 Å². The van der Waals surface area contributed by atoms with Crippen molar-refractivity contribution in [3.05, 3.63) is 77.5 Å².